The van der Waals surface area contributed by atoms with Gasteiger partial charge in [0.2, 0.25) is 5.91 Å². The number of hydrogen-bond donors (Lipinski definition) is 1. The molecule has 0 saturated carbocycles. The molecule has 0 aliphatic carbocycles. The Bertz CT molecular complexity index is 1020. The molecule has 2 fully saturated rings. The van der Waals surface area contributed by atoms with E-state index in [0.29, 0.717) is 18.6 Å². The molecule has 5 atom stereocenters. The lowest BCUT2D eigenvalue weighted by Gasteiger charge is -2.54. The van der Waals surface area contributed by atoms with Gasteiger partial charge in [-0.1, -0.05) is 60.3 Å². The van der Waals surface area contributed by atoms with E-state index in [0.717, 1.165) is 6.42 Å². The zero-order valence-electron chi connectivity index (χ0n) is 27.7. The first kappa shape index (κ1) is 35.4. The maximum atomic E-state index is 13.8. The van der Waals surface area contributed by atoms with Gasteiger partial charge in [0, 0.05) is 12.5 Å². The molecule has 41 heavy (non-hydrogen) atoms. The number of β-lactam (4-membered cyclic amide) rings is 1. The molecule has 1 N–H and O–H groups in total. The molecular formula is C31H56N2O6Si2. The molecule has 0 spiro atoms. The minimum absolute atomic E-state index is 0.0576. The Morgan fingerprint density at radius 2 is 1.71 bits per heavy atom. The zero-order chi connectivity index (χ0) is 31.6. The third-order valence-electron chi connectivity index (χ3n) is 8.74. The third kappa shape index (κ3) is 8.00. The van der Waals surface area contributed by atoms with Gasteiger partial charge in [-0.3, -0.25) is 14.5 Å². The lowest BCUT2D eigenvalue weighted by Crippen LogP contribution is -2.70. The van der Waals surface area contributed by atoms with Gasteiger partial charge in [0.25, 0.3) is 0 Å². The second kappa shape index (κ2) is 13.3. The minimum Gasteiger partial charge on any atom is -0.445 e. The van der Waals surface area contributed by atoms with Gasteiger partial charge < -0.3 is 18.9 Å². The van der Waals surface area contributed by atoms with Crippen molar-refractivity contribution < 1.29 is 28.0 Å². The van der Waals surface area contributed by atoms with E-state index in [1.165, 1.54) is 0 Å². The fourth-order valence-corrected chi connectivity index (χ4v) is 8.31. The molecule has 0 aromatic carbocycles. The summed E-state index contributed by atoms with van der Waals surface area (Å²) in [7, 11) is -2.91. The molecule has 2 heterocycles. The number of hydrogen-bond acceptors (Lipinski definition) is 6. The van der Waals surface area contributed by atoms with Crippen LogP contribution in [0.5, 0.6) is 0 Å². The van der Waals surface area contributed by atoms with Gasteiger partial charge in [-0.2, -0.15) is 0 Å². The highest BCUT2D eigenvalue weighted by molar-refractivity contribution is 6.48. The van der Waals surface area contributed by atoms with Crippen LogP contribution in [-0.4, -0.2) is 77.2 Å². The van der Waals surface area contributed by atoms with E-state index < -0.39 is 41.2 Å². The number of ketones is 1. The summed E-state index contributed by atoms with van der Waals surface area (Å²) in [4.78, 5) is 42.0. The van der Waals surface area contributed by atoms with Gasteiger partial charge in [0.1, 0.15) is 6.61 Å². The van der Waals surface area contributed by atoms with Crippen molar-refractivity contribution in [2.24, 2.45) is 16.7 Å². The van der Waals surface area contributed by atoms with Crippen molar-refractivity contribution >= 4 is 35.9 Å². The summed E-state index contributed by atoms with van der Waals surface area (Å²) >= 11 is 0. The van der Waals surface area contributed by atoms with Crippen LogP contribution in [-0.2, 0) is 23.2 Å². The molecule has 8 nitrogen and oxygen atoms in total. The van der Waals surface area contributed by atoms with E-state index in [-0.39, 0.29) is 47.6 Å². The summed E-state index contributed by atoms with van der Waals surface area (Å²) in [6, 6.07) is -0.401. The Balaban J connectivity index is 2.45. The van der Waals surface area contributed by atoms with Crippen molar-refractivity contribution in [2.75, 3.05) is 13.2 Å². The summed E-state index contributed by atoms with van der Waals surface area (Å²) in [5, 5.41) is 2.99. The topological polar surface area (TPSA) is 94.2 Å². The highest BCUT2D eigenvalue weighted by Crippen LogP contribution is 2.46. The van der Waals surface area contributed by atoms with Crippen molar-refractivity contribution in [1.29, 1.82) is 0 Å². The molecule has 0 aromatic rings. The van der Waals surface area contributed by atoms with Crippen LogP contribution >= 0.6 is 0 Å². The number of nitrogens with one attached hydrogen (secondary N) is 1. The second-order valence-corrected chi connectivity index (χ2v) is 19.5. The van der Waals surface area contributed by atoms with Crippen LogP contribution in [0.4, 0.5) is 4.79 Å². The van der Waals surface area contributed by atoms with E-state index in [1.807, 2.05) is 24.8 Å². The Kier molecular flexibility index (Phi) is 11.5. The first-order chi connectivity index (χ1) is 18.7. The number of nitrogens with zero attached hydrogens (tertiary/aromatic N) is 1. The molecule has 2 aliphatic heterocycles. The smallest absolute Gasteiger partial charge is 0.411 e. The number of carbonyl (C=O) groups is 3. The van der Waals surface area contributed by atoms with Gasteiger partial charge in [-0.25, -0.2) is 4.79 Å². The van der Waals surface area contributed by atoms with Gasteiger partial charge in [0.05, 0.1) is 29.7 Å². The molecule has 0 aromatic heterocycles. The average molecular weight is 609 g/mol. The first-order valence-corrected chi connectivity index (χ1v) is 20.7. The molecule has 2 rings (SSSR count). The van der Waals surface area contributed by atoms with E-state index in [4.69, 9.17) is 13.6 Å². The monoisotopic (exact) mass is 608 g/mol. The summed E-state index contributed by atoms with van der Waals surface area (Å²) in [5.74, 6) is -0.540. The second-order valence-electron chi connectivity index (χ2n) is 14.7. The fourth-order valence-electron chi connectivity index (χ4n) is 6.21. The number of Topliss-reactive ketones (excluding diaryl/α,β-unsaturated/α-hetero) is 1. The van der Waals surface area contributed by atoms with E-state index in [9.17, 15) is 14.4 Å². The highest BCUT2D eigenvalue weighted by atomic mass is 28.3. The Hall–Kier alpha value is -1.76. The summed E-state index contributed by atoms with van der Waals surface area (Å²) in [6.07, 6.45) is 4.69. The van der Waals surface area contributed by atoms with Gasteiger partial charge in [-0.15, -0.1) is 0 Å². The summed E-state index contributed by atoms with van der Waals surface area (Å²) in [5.41, 5.74) is -1.42. The molecule has 2 aliphatic rings. The average Bonchev–Trinajstić information content (AvgIpc) is 3.19. The van der Waals surface area contributed by atoms with E-state index in [1.54, 1.807) is 6.08 Å². The lowest BCUT2D eigenvalue weighted by atomic mass is 9.63. The molecule has 2 amide bonds. The molecule has 234 valence electrons. The van der Waals surface area contributed by atoms with Crippen LogP contribution in [0.2, 0.25) is 26.2 Å². The van der Waals surface area contributed by atoms with E-state index >= 15 is 0 Å². The Morgan fingerprint density at radius 3 is 2.17 bits per heavy atom. The van der Waals surface area contributed by atoms with Crippen molar-refractivity contribution in [3.05, 3.63) is 24.3 Å². The fraction of sp³-hybridized carbons (Fsp3) is 0.774. The molecular weight excluding hydrogens is 553 g/mol. The van der Waals surface area contributed by atoms with Crippen molar-refractivity contribution in [3.63, 3.8) is 0 Å². The highest BCUT2D eigenvalue weighted by Gasteiger charge is 2.58. The molecule has 10 heteroatoms. The number of rotatable bonds is 12. The van der Waals surface area contributed by atoms with Crippen LogP contribution in [0, 0.1) is 16.7 Å². The Morgan fingerprint density at radius 1 is 1.10 bits per heavy atom. The molecule has 2 unspecified atom stereocenters. The molecule has 0 bridgehead atoms. The van der Waals surface area contributed by atoms with Crippen LogP contribution < -0.4 is 5.32 Å². The zero-order valence-corrected chi connectivity index (χ0v) is 30.0. The SMILES string of the molecule is C=CCOC(=O)N1C(C(C)(C)C)CCC1(/C=C(\C)C(=O)C[C@H]1NC(=O)[C@@H]1[C@@](C)(O[SiH](C)C)C(C)(C)C)CO[SiH](C)C. The summed E-state index contributed by atoms with van der Waals surface area (Å²) < 4.78 is 18.4. The normalized spacial score (nSPS) is 27.0. The lowest BCUT2D eigenvalue weighted by molar-refractivity contribution is -0.160. The van der Waals surface area contributed by atoms with Crippen molar-refractivity contribution in [3.8, 4) is 0 Å². The maximum absolute atomic E-state index is 13.8. The Labute approximate surface area is 252 Å². The first-order valence-electron chi connectivity index (χ1n) is 15.1. The number of carbonyl (C=O) groups excluding carboxylic acids is 3. The van der Waals surface area contributed by atoms with Gasteiger partial charge in [-0.05, 0) is 69.3 Å². The quantitative estimate of drug-likeness (QED) is 0.138. The minimum atomic E-state index is -1.48. The van der Waals surface area contributed by atoms with Crippen LogP contribution in [0.15, 0.2) is 24.3 Å². The van der Waals surface area contributed by atoms with Crippen molar-refractivity contribution in [1.82, 2.24) is 10.2 Å². The van der Waals surface area contributed by atoms with Gasteiger partial charge >= 0.3 is 6.09 Å². The van der Waals surface area contributed by atoms with Crippen LogP contribution in [0.1, 0.15) is 74.7 Å². The number of ether oxygens (including phenoxy) is 1. The van der Waals surface area contributed by atoms with Crippen LogP contribution in [0.3, 0.4) is 0 Å². The number of amides is 2. The van der Waals surface area contributed by atoms with Gasteiger partial charge in [0.15, 0.2) is 23.9 Å². The van der Waals surface area contributed by atoms with Crippen LogP contribution in [0.25, 0.3) is 0 Å². The largest absolute Gasteiger partial charge is 0.445 e. The number of allylic oxidation sites excluding steroid dienone is 1. The maximum Gasteiger partial charge on any atom is 0.411 e. The molecule has 2 saturated heterocycles. The standard InChI is InChI=1S/C31H56N2O6Si2/c1-14-17-37-27(36)33-24(28(3,4)5)15-16-31(33,20-38-40(10)11)19-21(2)23(34)18-22-25(26(35)32-22)30(9,29(6,7)8)39-41(12)13/h14,19,22,24-25,40-41H,1,15-18,20H2,2-13H3,(H,32,35)/b21-19+/t22-,24?,25-,30-,31?/m1/s1. The third-order valence-corrected chi connectivity index (χ3v) is 10.5. The van der Waals surface area contributed by atoms with Crippen molar-refractivity contribution in [2.45, 2.75) is 124 Å². The molecule has 0 radical (unpaired) electrons. The predicted octanol–water partition coefficient (Wildman–Crippen LogP) is 5.38. The van der Waals surface area contributed by atoms with E-state index in [2.05, 4.69) is 79.6 Å². The summed E-state index contributed by atoms with van der Waals surface area (Å²) in [6.45, 7) is 29.0. The predicted molar refractivity (Wildman–Crippen MR) is 170 cm³/mol. The number of likely N-dealkylation sites (tertiary alicyclic amines) is 1.